The smallest absolute Gasteiger partial charge is 0.269 e. The molecule has 98 valence electrons. The Balaban J connectivity index is 2.06. The summed E-state index contributed by atoms with van der Waals surface area (Å²) < 4.78 is 0. The Bertz CT molecular complexity index is 607. The lowest BCUT2D eigenvalue weighted by molar-refractivity contribution is -0.384. The molecule has 1 N–H and O–H groups in total. The lowest BCUT2D eigenvalue weighted by Gasteiger charge is -1.98. The van der Waals surface area contributed by atoms with Gasteiger partial charge in [0.05, 0.1) is 10.6 Å². The van der Waals surface area contributed by atoms with E-state index in [0.29, 0.717) is 11.6 Å². The molecule has 0 spiro atoms. The molecule has 19 heavy (non-hydrogen) atoms. The predicted molar refractivity (Wildman–Crippen MR) is 72.3 cm³/mol. The summed E-state index contributed by atoms with van der Waals surface area (Å²) in [4.78, 5) is 25.2. The summed E-state index contributed by atoms with van der Waals surface area (Å²) in [6.45, 7) is 1.43. The Morgan fingerprint density at radius 2 is 2.11 bits per heavy atom. The first-order chi connectivity index (χ1) is 9.04. The third-order valence-electron chi connectivity index (χ3n) is 2.37. The SMILES string of the molecule is CC(=O)Nc1nc(Cc2ccc([N+](=O)[O-])cc2)cs1. The molecule has 0 unspecified atom stereocenters. The minimum absolute atomic E-state index is 0.0703. The van der Waals surface area contributed by atoms with Gasteiger partial charge in [0.25, 0.3) is 5.69 Å². The molecule has 1 aromatic heterocycles. The fraction of sp³-hybridized carbons (Fsp3) is 0.167. The topological polar surface area (TPSA) is 85.1 Å². The summed E-state index contributed by atoms with van der Waals surface area (Å²) in [5.74, 6) is -0.156. The molecule has 7 heteroatoms. The average molecular weight is 277 g/mol. The van der Waals surface area contributed by atoms with E-state index in [2.05, 4.69) is 10.3 Å². The molecule has 1 heterocycles. The molecule has 1 aromatic carbocycles. The Morgan fingerprint density at radius 1 is 1.42 bits per heavy atom. The van der Waals surface area contributed by atoms with Crippen LogP contribution in [0.15, 0.2) is 29.6 Å². The maximum absolute atomic E-state index is 10.9. The summed E-state index contributed by atoms with van der Waals surface area (Å²) in [7, 11) is 0. The summed E-state index contributed by atoms with van der Waals surface area (Å²) in [6.07, 6.45) is 0.577. The monoisotopic (exact) mass is 277 g/mol. The van der Waals surface area contributed by atoms with E-state index >= 15 is 0 Å². The number of hydrogen-bond donors (Lipinski definition) is 1. The van der Waals surface area contributed by atoms with Crippen molar-refractivity contribution in [3.05, 3.63) is 51.0 Å². The van der Waals surface area contributed by atoms with Crippen molar-refractivity contribution in [1.29, 1.82) is 0 Å². The number of hydrogen-bond acceptors (Lipinski definition) is 5. The Labute approximate surface area is 113 Å². The maximum atomic E-state index is 10.9. The van der Waals surface area contributed by atoms with Crippen LogP contribution in [-0.4, -0.2) is 15.8 Å². The highest BCUT2D eigenvalue weighted by molar-refractivity contribution is 7.13. The minimum Gasteiger partial charge on any atom is -0.302 e. The van der Waals surface area contributed by atoms with E-state index in [9.17, 15) is 14.9 Å². The van der Waals surface area contributed by atoms with Gasteiger partial charge in [0.1, 0.15) is 0 Å². The van der Waals surface area contributed by atoms with Crippen molar-refractivity contribution in [3.63, 3.8) is 0 Å². The van der Waals surface area contributed by atoms with Crippen molar-refractivity contribution in [2.75, 3.05) is 5.32 Å². The van der Waals surface area contributed by atoms with E-state index in [4.69, 9.17) is 0 Å². The molecule has 2 aromatic rings. The number of nitro groups is 1. The number of non-ortho nitro benzene ring substituents is 1. The quantitative estimate of drug-likeness (QED) is 0.687. The van der Waals surface area contributed by atoms with Gasteiger partial charge in [-0.1, -0.05) is 12.1 Å². The Kier molecular flexibility index (Phi) is 3.86. The number of thiazole rings is 1. The van der Waals surface area contributed by atoms with Crippen molar-refractivity contribution in [1.82, 2.24) is 4.98 Å². The number of anilines is 1. The van der Waals surface area contributed by atoms with Crippen LogP contribution >= 0.6 is 11.3 Å². The van der Waals surface area contributed by atoms with Gasteiger partial charge in [-0.15, -0.1) is 11.3 Å². The number of nitrogens with one attached hydrogen (secondary N) is 1. The van der Waals surface area contributed by atoms with E-state index < -0.39 is 4.92 Å². The lowest BCUT2D eigenvalue weighted by Crippen LogP contribution is -2.05. The number of nitro benzene ring substituents is 1. The van der Waals surface area contributed by atoms with Crippen LogP contribution in [0.4, 0.5) is 10.8 Å². The molecule has 0 fully saturated rings. The van der Waals surface area contributed by atoms with Gasteiger partial charge in [0, 0.05) is 30.9 Å². The highest BCUT2D eigenvalue weighted by atomic mass is 32.1. The van der Waals surface area contributed by atoms with Crippen LogP contribution in [0.1, 0.15) is 18.2 Å². The average Bonchev–Trinajstić information content (AvgIpc) is 2.76. The summed E-state index contributed by atoms with van der Waals surface area (Å²) >= 11 is 1.35. The van der Waals surface area contributed by atoms with E-state index in [1.807, 2.05) is 5.38 Å². The van der Waals surface area contributed by atoms with Crippen LogP contribution in [0.5, 0.6) is 0 Å². The maximum Gasteiger partial charge on any atom is 0.269 e. The van der Waals surface area contributed by atoms with Gasteiger partial charge in [-0.25, -0.2) is 4.98 Å². The first-order valence-electron chi connectivity index (χ1n) is 5.50. The van der Waals surface area contributed by atoms with Crippen molar-refractivity contribution in [2.24, 2.45) is 0 Å². The van der Waals surface area contributed by atoms with Gasteiger partial charge in [-0.05, 0) is 5.56 Å². The van der Waals surface area contributed by atoms with Gasteiger partial charge < -0.3 is 5.32 Å². The van der Waals surface area contributed by atoms with Gasteiger partial charge in [0.15, 0.2) is 5.13 Å². The zero-order valence-electron chi connectivity index (χ0n) is 10.1. The molecule has 0 aliphatic rings. The second kappa shape index (κ2) is 5.57. The number of carbonyl (C=O) groups is 1. The fourth-order valence-electron chi connectivity index (χ4n) is 1.54. The number of amides is 1. The van der Waals surface area contributed by atoms with Crippen molar-refractivity contribution in [2.45, 2.75) is 13.3 Å². The number of aromatic nitrogens is 1. The zero-order valence-corrected chi connectivity index (χ0v) is 10.9. The summed E-state index contributed by atoms with van der Waals surface area (Å²) in [6, 6.07) is 6.35. The highest BCUT2D eigenvalue weighted by Gasteiger charge is 2.07. The van der Waals surface area contributed by atoms with E-state index in [1.165, 1.54) is 30.4 Å². The fourth-order valence-corrected chi connectivity index (χ4v) is 2.30. The number of carbonyl (C=O) groups excluding carboxylic acids is 1. The highest BCUT2D eigenvalue weighted by Crippen LogP contribution is 2.19. The predicted octanol–water partition coefficient (Wildman–Crippen LogP) is 2.60. The second-order valence-corrected chi connectivity index (χ2v) is 4.78. The van der Waals surface area contributed by atoms with Crippen LogP contribution in [0.3, 0.4) is 0 Å². The molecule has 1 amide bonds. The Hall–Kier alpha value is -2.28. The third kappa shape index (κ3) is 3.59. The van der Waals surface area contributed by atoms with Gasteiger partial charge in [0.2, 0.25) is 5.91 Å². The largest absolute Gasteiger partial charge is 0.302 e. The van der Waals surface area contributed by atoms with E-state index in [-0.39, 0.29) is 11.6 Å². The summed E-state index contributed by atoms with van der Waals surface area (Å²) in [5, 5.41) is 15.6. The molecule has 0 radical (unpaired) electrons. The van der Waals surface area contributed by atoms with Crippen molar-refractivity contribution in [3.8, 4) is 0 Å². The second-order valence-electron chi connectivity index (χ2n) is 3.93. The molecule has 0 atom stereocenters. The first kappa shape index (κ1) is 13.2. The van der Waals surface area contributed by atoms with Crippen molar-refractivity contribution >= 4 is 28.1 Å². The zero-order chi connectivity index (χ0) is 13.8. The van der Waals surface area contributed by atoms with E-state index in [0.717, 1.165) is 11.3 Å². The molecule has 0 aliphatic heterocycles. The van der Waals surface area contributed by atoms with Crippen LogP contribution in [-0.2, 0) is 11.2 Å². The molecular weight excluding hydrogens is 266 g/mol. The van der Waals surface area contributed by atoms with Gasteiger partial charge in [-0.2, -0.15) is 0 Å². The molecule has 0 saturated carbocycles. The third-order valence-corrected chi connectivity index (χ3v) is 3.17. The number of rotatable bonds is 4. The van der Waals surface area contributed by atoms with Crippen LogP contribution in [0, 0.1) is 10.1 Å². The van der Waals surface area contributed by atoms with Gasteiger partial charge >= 0.3 is 0 Å². The number of nitrogens with zero attached hydrogens (tertiary/aromatic N) is 2. The van der Waals surface area contributed by atoms with Crippen LogP contribution < -0.4 is 5.32 Å². The molecule has 0 saturated heterocycles. The lowest BCUT2D eigenvalue weighted by atomic mass is 10.1. The van der Waals surface area contributed by atoms with Crippen molar-refractivity contribution < 1.29 is 9.72 Å². The van der Waals surface area contributed by atoms with E-state index in [1.54, 1.807) is 12.1 Å². The van der Waals surface area contributed by atoms with Crippen LogP contribution in [0.25, 0.3) is 0 Å². The Morgan fingerprint density at radius 3 is 2.68 bits per heavy atom. The molecular formula is C12H11N3O3S. The minimum atomic E-state index is -0.429. The first-order valence-corrected chi connectivity index (χ1v) is 6.38. The summed E-state index contributed by atoms with van der Waals surface area (Å²) in [5.41, 5.74) is 1.83. The molecule has 0 bridgehead atoms. The van der Waals surface area contributed by atoms with Crippen LogP contribution in [0.2, 0.25) is 0 Å². The molecule has 2 rings (SSSR count). The molecule has 0 aliphatic carbocycles. The normalized spacial score (nSPS) is 10.2. The number of benzene rings is 1. The standard InChI is InChI=1S/C12H11N3O3S/c1-8(16)13-12-14-10(7-19-12)6-9-2-4-11(5-3-9)15(17)18/h2-5,7H,6H2,1H3,(H,13,14,16). The van der Waals surface area contributed by atoms with Gasteiger partial charge in [-0.3, -0.25) is 14.9 Å². The molecule has 6 nitrogen and oxygen atoms in total.